The third kappa shape index (κ3) is 1.80. The van der Waals surface area contributed by atoms with Crippen molar-refractivity contribution in [3.63, 3.8) is 0 Å². The van der Waals surface area contributed by atoms with Crippen LogP contribution >= 0.6 is 0 Å². The van der Waals surface area contributed by atoms with Gasteiger partial charge in [-0.2, -0.15) is 0 Å². The van der Waals surface area contributed by atoms with Crippen LogP contribution in [0.2, 0.25) is 0 Å². The molecule has 1 aromatic rings. The van der Waals surface area contributed by atoms with Crippen LogP contribution in [-0.4, -0.2) is 11.5 Å². The second-order valence-electron chi connectivity index (χ2n) is 4.82. The van der Waals surface area contributed by atoms with Gasteiger partial charge in [0.1, 0.15) is 12.5 Å². The Morgan fingerprint density at radius 1 is 1.44 bits per heavy atom. The highest BCUT2D eigenvalue weighted by Gasteiger charge is 2.44. The number of hydrogen-bond donors (Lipinski definition) is 1. The third-order valence-electron chi connectivity index (χ3n) is 3.72. The van der Waals surface area contributed by atoms with E-state index in [2.05, 4.69) is 4.99 Å². The predicted octanol–water partition coefficient (Wildman–Crippen LogP) is 3.77. The second kappa shape index (κ2) is 4.67. The summed E-state index contributed by atoms with van der Waals surface area (Å²) in [5.74, 6) is -0.415. The Morgan fingerprint density at radius 3 is 2.78 bits per heavy atom. The molecule has 1 heterocycles. The zero-order valence-electron chi connectivity index (χ0n) is 10.7. The molecule has 2 unspecified atom stereocenters. The molecule has 0 aliphatic carbocycles. The number of para-hydroxylation sites is 1. The van der Waals surface area contributed by atoms with Gasteiger partial charge in [0.05, 0.1) is 5.69 Å². The summed E-state index contributed by atoms with van der Waals surface area (Å²) in [5.41, 5.74) is 5.89. The van der Waals surface area contributed by atoms with Crippen molar-refractivity contribution >= 4 is 11.5 Å². The van der Waals surface area contributed by atoms with Gasteiger partial charge in [0.25, 0.3) is 0 Å². The highest BCUT2D eigenvalue weighted by atomic mass is 19.1. The van der Waals surface area contributed by atoms with E-state index in [9.17, 15) is 8.78 Å². The number of nitrogens with two attached hydrogens (primary N) is 1. The molecule has 0 bridgehead atoms. The zero-order valence-corrected chi connectivity index (χ0v) is 10.7. The molecule has 4 heteroatoms. The molecular weight excluding hydrogens is 234 g/mol. The quantitative estimate of drug-likeness (QED) is 0.873. The highest BCUT2D eigenvalue weighted by molar-refractivity contribution is 5.95. The Labute approximate surface area is 106 Å². The molecule has 2 N–H and O–H groups in total. The van der Waals surface area contributed by atoms with E-state index in [0.29, 0.717) is 24.1 Å². The minimum Gasteiger partial charge on any atom is -0.384 e. The van der Waals surface area contributed by atoms with E-state index in [1.165, 1.54) is 0 Å². The van der Waals surface area contributed by atoms with Crippen LogP contribution in [0.15, 0.2) is 23.2 Å². The second-order valence-corrected chi connectivity index (χ2v) is 4.82. The Balaban J connectivity index is 2.57. The van der Waals surface area contributed by atoms with E-state index in [1.807, 2.05) is 6.92 Å². The molecule has 98 valence electrons. The lowest BCUT2D eigenvalue weighted by Crippen LogP contribution is -2.46. The summed E-state index contributed by atoms with van der Waals surface area (Å²) in [5, 5.41) is 0. The predicted molar refractivity (Wildman–Crippen MR) is 69.7 cm³/mol. The minimum atomic E-state index is -1.61. The summed E-state index contributed by atoms with van der Waals surface area (Å²) >= 11 is 0. The van der Waals surface area contributed by atoms with Crippen molar-refractivity contribution in [3.8, 4) is 0 Å². The third-order valence-corrected chi connectivity index (χ3v) is 3.72. The average Bonchev–Trinajstić information content (AvgIpc) is 2.36. The monoisotopic (exact) mass is 252 g/mol. The molecule has 1 aromatic carbocycles. The van der Waals surface area contributed by atoms with E-state index in [1.54, 1.807) is 25.1 Å². The topological polar surface area (TPSA) is 38.4 Å². The first kappa shape index (κ1) is 13.0. The van der Waals surface area contributed by atoms with Crippen molar-refractivity contribution in [3.05, 3.63) is 29.3 Å². The standard InChI is InChI=1S/C14H18F2N2/c1-3-7-14(16)9(2)11-6-4-5-10(8-15)12(11)18-13(14)17/h4-6,9H,3,7-8H2,1-2H3,(H2,17,18). The number of benzene rings is 1. The first-order valence-electron chi connectivity index (χ1n) is 6.26. The number of aliphatic imine (C=N–C) groups is 1. The van der Waals surface area contributed by atoms with E-state index in [-0.39, 0.29) is 5.84 Å². The summed E-state index contributed by atoms with van der Waals surface area (Å²) in [6.45, 7) is 3.09. The van der Waals surface area contributed by atoms with Crippen LogP contribution in [0.3, 0.4) is 0 Å². The largest absolute Gasteiger partial charge is 0.384 e. The fraction of sp³-hybridized carbons (Fsp3) is 0.500. The van der Waals surface area contributed by atoms with Gasteiger partial charge in [-0.05, 0) is 12.0 Å². The maximum absolute atomic E-state index is 14.9. The molecule has 0 fully saturated rings. The van der Waals surface area contributed by atoms with Gasteiger partial charge < -0.3 is 5.73 Å². The Kier molecular flexibility index (Phi) is 3.37. The number of amidine groups is 1. The van der Waals surface area contributed by atoms with Crippen molar-refractivity contribution in [2.75, 3.05) is 0 Å². The molecule has 18 heavy (non-hydrogen) atoms. The molecule has 1 aliphatic heterocycles. The highest BCUT2D eigenvalue weighted by Crippen LogP contribution is 2.45. The Hall–Kier alpha value is -1.45. The average molecular weight is 252 g/mol. The van der Waals surface area contributed by atoms with Crippen LogP contribution in [-0.2, 0) is 6.67 Å². The molecule has 0 aromatic heterocycles. The summed E-state index contributed by atoms with van der Waals surface area (Å²) in [7, 11) is 0. The van der Waals surface area contributed by atoms with Gasteiger partial charge in [0.15, 0.2) is 5.67 Å². The van der Waals surface area contributed by atoms with Crippen molar-refractivity contribution in [1.29, 1.82) is 0 Å². The van der Waals surface area contributed by atoms with Crippen LogP contribution in [0, 0.1) is 0 Å². The van der Waals surface area contributed by atoms with Gasteiger partial charge in [-0.25, -0.2) is 13.8 Å². The molecular formula is C14H18F2N2. The molecule has 0 saturated heterocycles. The summed E-state index contributed by atoms with van der Waals surface area (Å²) in [6.07, 6.45) is 1.03. The summed E-state index contributed by atoms with van der Waals surface area (Å²) in [4.78, 5) is 4.12. The SMILES string of the molecule is CCCC1(F)C(N)=Nc2c(CF)cccc2C1C. The van der Waals surface area contributed by atoms with Gasteiger partial charge in [0, 0.05) is 11.5 Å². The number of rotatable bonds is 3. The molecule has 0 saturated carbocycles. The van der Waals surface area contributed by atoms with Gasteiger partial charge in [0.2, 0.25) is 0 Å². The van der Waals surface area contributed by atoms with Crippen LogP contribution < -0.4 is 5.73 Å². The van der Waals surface area contributed by atoms with Crippen LogP contribution in [0.1, 0.15) is 43.7 Å². The number of hydrogen-bond acceptors (Lipinski definition) is 2. The van der Waals surface area contributed by atoms with E-state index in [0.717, 1.165) is 5.56 Å². The molecule has 0 spiro atoms. The van der Waals surface area contributed by atoms with Crippen molar-refractivity contribution in [1.82, 2.24) is 0 Å². The molecule has 2 atom stereocenters. The summed E-state index contributed by atoms with van der Waals surface area (Å²) < 4.78 is 27.8. The molecule has 2 nitrogen and oxygen atoms in total. The molecule has 1 aliphatic rings. The number of alkyl halides is 2. The number of halogens is 2. The fourth-order valence-electron chi connectivity index (χ4n) is 2.59. The maximum Gasteiger partial charge on any atom is 0.174 e. The summed E-state index contributed by atoms with van der Waals surface area (Å²) in [6, 6.07) is 5.21. The lowest BCUT2D eigenvalue weighted by Gasteiger charge is -2.35. The lowest BCUT2D eigenvalue weighted by atomic mass is 9.78. The van der Waals surface area contributed by atoms with Gasteiger partial charge in [-0.3, -0.25) is 0 Å². The Morgan fingerprint density at radius 2 is 2.17 bits per heavy atom. The van der Waals surface area contributed by atoms with Crippen molar-refractivity contribution < 1.29 is 8.78 Å². The van der Waals surface area contributed by atoms with E-state index in [4.69, 9.17) is 5.73 Å². The molecule has 2 rings (SSSR count). The van der Waals surface area contributed by atoms with Gasteiger partial charge >= 0.3 is 0 Å². The number of fused-ring (bicyclic) bond motifs is 1. The molecule has 0 radical (unpaired) electrons. The van der Waals surface area contributed by atoms with Crippen LogP contribution in [0.25, 0.3) is 0 Å². The zero-order chi connectivity index (χ0) is 13.3. The van der Waals surface area contributed by atoms with Gasteiger partial charge in [-0.1, -0.05) is 38.5 Å². The fourth-order valence-corrected chi connectivity index (χ4v) is 2.59. The van der Waals surface area contributed by atoms with Crippen molar-refractivity contribution in [2.45, 2.75) is 45.0 Å². The number of nitrogens with zero attached hydrogens (tertiary/aromatic N) is 1. The van der Waals surface area contributed by atoms with Crippen LogP contribution in [0.5, 0.6) is 0 Å². The first-order chi connectivity index (χ1) is 8.54. The maximum atomic E-state index is 14.9. The van der Waals surface area contributed by atoms with E-state index < -0.39 is 18.3 Å². The minimum absolute atomic E-state index is 0.0229. The first-order valence-corrected chi connectivity index (χ1v) is 6.26. The molecule has 0 amide bonds. The smallest absolute Gasteiger partial charge is 0.174 e. The normalized spacial score (nSPS) is 26.7. The van der Waals surface area contributed by atoms with Crippen LogP contribution in [0.4, 0.5) is 14.5 Å². The van der Waals surface area contributed by atoms with Gasteiger partial charge in [-0.15, -0.1) is 0 Å². The lowest BCUT2D eigenvalue weighted by molar-refractivity contribution is 0.196. The van der Waals surface area contributed by atoms with E-state index >= 15 is 0 Å². The van der Waals surface area contributed by atoms with Crippen molar-refractivity contribution in [2.24, 2.45) is 10.7 Å². The Bertz CT molecular complexity index is 485.